The van der Waals surface area contributed by atoms with Gasteiger partial charge in [-0.2, -0.15) is 0 Å². The first-order valence-corrected chi connectivity index (χ1v) is 10.3. The second kappa shape index (κ2) is 11.4. The van der Waals surface area contributed by atoms with Crippen molar-refractivity contribution in [2.24, 2.45) is 5.73 Å². The molecule has 24 heavy (non-hydrogen) atoms. The number of rotatable bonds is 11. The lowest BCUT2D eigenvalue weighted by atomic mass is 10.1. The van der Waals surface area contributed by atoms with Crippen LogP contribution in [0.5, 0.6) is 0 Å². The zero-order valence-electron chi connectivity index (χ0n) is 13.5. The molecule has 0 rings (SSSR count). The number of nitrogens with one attached hydrogen (secondary N) is 1. The van der Waals surface area contributed by atoms with Crippen molar-refractivity contribution in [2.45, 2.75) is 38.0 Å². The van der Waals surface area contributed by atoms with Gasteiger partial charge in [0, 0.05) is 13.0 Å². The Morgan fingerprint density at radius 2 is 1.71 bits per heavy atom. The van der Waals surface area contributed by atoms with Crippen molar-refractivity contribution in [3.05, 3.63) is 0 Å². The van der Waals surface area contributed by atoms with E-state index in [1.165, 1.54) is 0 Å². The summed E-state index contributed by atoms with van der Waals surface area (Å²) >= 11 is 0.106. The normalized spacial score (nSPS) is 13.7. The van der Waals surface area contributed by atoms with Crippen LogP contribution in [0.3, 0.4) is 0 Å². The maximum atomic E-state index is 11.7. The Morgan fingerprint density at radius 3 is 2.21 bits per heavy atom. The molecule has 0 aromatic heterocycles. The van der Waals surface area contributed by atoms with Crippen LogP contribution in [0.25, 0.3) is 0 Å². The quantitative estimate of drug-likeness (QED) is 0.269. The van der Waals surface area contributed by atoms with Gasteiger partial charge in [0.25, 0.3) is 0 Å². The van der Waals surface area contributed by atoms with Crippen LogP contribution < -0.4 is 11.1 Å². The lowest BCUT2D eigenvalue weighted by molar-refractivity contribution is -0.145. The zero-order valence-corrected chi connectivity index (χ0v) is 15.2. The molecule has 2 unspecified atom stereocenters. The lowest BCUT2D eigenvalue weighted by Crippen LogP contribution is -2.37. The molecule has 0 aliphatic heterocycles. The van der Waals surface area contributed by atoms with Crippen molar-refractivity contribution in [3.8, 4) is 0 Å². The average Bonchev–Trinajstić information content (AvgIpc) is 2.48. The van der Waals surface area contributed by atoms with Crippen LogP contribution in [0.15, 0.2) is 0 Å². The molecular formula is C12H23N2O8PS. The number of amides is 1. The third-order valence-electron chi connectivity index (χ3n) is 2.57. The minimum Gasteiger partial charge on any atom is -0.465 e. The van der Waals surface area contributed by atoms with E-state index < -0.39 is 35.9 Å². The Bertz CT molecular complexity index is 484. The largest absolute Gasteiger partial charge is 0.465 e. The Kier molecular flexibility index (Phi) is 10.9. The van der Waals surface area contributed by atoms with E-state index in [1.807, 2.05) is 0 Å². The lowest BCUT2D eigenvalue weighted by Gasteiger charge is -2.16. The fourth-order valence-corrected chi connectivity index (χ4v) is 3.63. The molecule has 0 fully saturated rings. The number of nitrogens with two attached hydrogens (primary N) is 1. The summed E-state index contributed by atoms with van der Waals surface area (Å²) in [4.78, 5) is 52.5. The van der Waals surface area contributed by atoms with Crippen LogP contribution in [0.1, 0.15) is 26.7 Å². The van der Waals surface area contributed by atoms with Crippen molar-refractivity contribution < 1.29 is 38.2 Å². The van der Waals surface area contributed by atoms with Gasteiger partial charge in [0.05, 0.1) is 13.2 Å². The highest BCUT2D eigenvalue weighted by Gasteiger charge is 2.30. The number of hydrogen-bond acceptors (Lipinski definition) is 8. The van der Waals surface area contributed by atoms with Gasteiger partial charge in [-0.25, -0.2) is 4.57 Å². The van der Waals surface area contributed by atoms with Crippen LogP contribution >= 0.6 is 18.2 Å². The SMILES string of the molecule is CCOC(=O)C(N)CCC(=O)NCC(SP(=O)(O)O)C(=O)OCC. The van der Waals surface area contributed by atoms with E-state index in [4.69, 9.17) is 25.0 Å². The van der Waals surface area contributed by atoms with Crippen LogP contribution in [-0.4, -0.2) is 58.7 Å². The molecule has 2 atom stereocenters. The van der Waals surface area contributed by atoms with Crippen molar-refractivity contribution in [3.63, 3.8) is 0 Å². The summed E-state index contributed by atoms with van der Waals surface area (Å²) in [5.41, 5.74) is 5.54. The molecule has 0 bridgehead atoms. The average molecular weight is 386 g/mol. The van der Waals surface area contributed by atoms with Gasteiger partial charge < -0.3 is 30.3 Å². The third kappa shape index (κ3) is 10.6. The maximum absolute atomic E-state index is 11.7. The molecule has 0 radical (unpaired) electrons. The van der Waals surface area contributed by atoms with Crippen molar-refractivity contribution in [1.82, 2.24) is 5.32 Å². The van der Waals surface area contributed by atoms with E-state index in [0.29, 0.717) is 0 Å². The number of esters is 2. The van der Waals surface area contributed by atoms with Crippen LogP contribution in [0.2, 0.25) is 0 Å². The predicted octanol–water partition coefficient (Wildman–Crippen LogP) is -0.469. The van der Waals surface area contributed by atoms with E-state index in [9.17, 15) is 18.9 Å². The summed E-state index contributed by atoms with van der Waals surface area (Å²) in [7, 11) is 0. The highest BCUT2D eigenvalue weighted by Crippen LogP contribution is 2.52. The van der Waals surface area contributed by atoms with Crippen molar-refractivity contribution in [1.29, 1.82) is 0 Å². The molecule has 12 heteroatoms. The standard InChI is InChI=1S/C12H23N2O8PS/c1-3-21-11(16)8(13)5-6-10(15)14-7-9(12(17)22-4-2)24-23(18,19)20/h8-9H,3-7,13H2,1-2H3,(H,14,15)(H2,18,19,20). The second-order valence-electron chi connectivity index (χ2n) is 4.54. The molecule has 0 spiro atoms. The van der Waals surface area contributed by atoms with E-state index >= 15 is 0 Å². The summed E-state index contributed by atoms with van der Waals surface area (Å²) in [5.74, 6) is -1.98. The van der Waals surface area contributed by atoms with Gasteiger partial charge in [-0.05, 0) is 31.7 Å². The highest BCUT2D eigenvalue weighted by molar-refractivity contribution is 8.55. The van der Waals surface area contributed by atoms with Crippen LogP contribution in [0, 0.1) is 0 Å². The molecule has 0 aromatic carbocycles. The van der Waals surface area contributed by atoms with Gasteiger partial charge in [-0.15, -0.1) is 0 Å². The number of ether oxygens (including phenoxy) is 2. The van der Waals surface area contributed by atoms with E-state index in [1.54, 1.807) is 13.8 Å². The maximum Gasteiger partial charge on any atom is 0.384 e. The number of carbonyl (C=O) groups excluding carboxylic acids is 3. The summed E-state index contributed by atoms with van der Waals surface area (Å²) in [6.45, 7) is -1.45. The molecule has 0 saturated heterocycles. The Morgan fingerprint density at radius 1 is 1.17 bits per heavy atom. The molecule has 1 amide bonds. The fourth-order valence-electron chi connectivity index (χ4n) is 1.51. The highest BCUT2D eigenvalue weighted by atomic mass is 32.7. The Hall–Kier alpha value is -1.13. The number of hydrogen-bond donors (Lipinski definition) is 4. The van der Waals surface area contributed by atoms with E-state index in [2.05, 4.69) is 5.32 Å². The van der Waals surface area contributed by atoms with Gasteiger partial charge in [0.1, 0.15) is 11.3 Å². The second-order valence-corrected chi connectivity index (χ2v) is 8.36. The Labute approximate surface area is 143 Å². The van der Waals surface area contributed by atoms with Gasteiger partial charge in [0.15, 0.2) is 0 Å². The first-order chi connectivity index (χ1) is 11.1. The van der Waals surface area contributed by atoms with Crippen molar-refractivity contribution >= 4 is 36.0 Å². The monoisotopic (exact) mass is 386 g/mol. The molecule has 0 aliphatic rings. The first kappa shape index (κ1) is 22.9. The summed E-state index contributed by atoms with van der Waals surface area (Å²) in [5, 5.41) is 1.12. The van der Waals surface area contributed by atoms with E-state index in [-0.39, 0.29) is 44.0 Å². The number of carbonyl (C=O) groups is 3. The molecule has 140 valence electrons. The first-order valence-electron chi connectivity index (χ1n) is 7.20. The summed E-state index contributed by atoms with van der Waals surface area (Å²) < 4.78 is 20.4. The molecular weight excluding hydrogens is 363 g/mol. The molecule has 0 saturated carbocycles. The van der Waals surface area contributed by atoms with Gasteiger partial charge in [-0.1, -0.05) is 0 Å². The Balaban J connectivity index is 4.42. The molecule has 0 heterocycles. The topological polar surface area (TPSA) is 165 Å². The third-order valence-corrected chi connectivity index (χ3v) is 5.05. The molecule has 5 N–H and O–H groups in total. The van der Waals surface area contributed by atoms with Gasteiger partial charge >= 0.3 is 18.7 Å². The molecule has 0 aromatic rings. The summed E-state index contributed by atoms with van der Waals surface area (Å²) in [6, 6.07) is -0.943. The van der Waals surface area contributed by atoms with Crippen LogP contribution in [0.4, 0.5) is 0 Å². The van der Waals surface area contributed by atoms with Crippen LogP contribution in [-0.2, 0) is 28.4 Å². The molecule has 0 aliphatic carbocycles. The van der Waals surface area contributed by atoms with Gasteiger partial charge in [-0.3, -0.25) is 14.4 Å². The minimum atomic E-state index is -4.53. The fraction of sp³-hybridized carbons (Fsp3) is 0.750. The van der Waals surface area contributed by atoms with E-state index in [0.717, 1.165) is 0 Å². The van der Waals surface area contributed by atoms with Gasteiger partial charge in [0.2, 0.25) is 5.91 Å². The summed E-state index contributed by atoms with van der Waals surface area (Å²) in [6.07, 6.45) is -0.0590. The minimum absolute atomic E-state index is 0.0411. The predicted molar refractivity (Wildman–Crippen MR) is 86.9 cm³/mol. The smallest absolute Gasteiger partial charge is 0.384 e. The van der Waals surface area contributed by atoms with Crippen molar-refractivity contribution in [2.75, 3.05) is 19.8 Å². The molecule has 10 nitrogen and oxygen atoms in total. The zero-order chi connectivity index (χ0) is 18.8.